The molecule has 1 heterocycles. The van der Waals surface area contributed by atoms with Crippen LogP contribution in [0.1, 0.15) is 18.1 Å². The van der Waals surface area contributed by atoms with Crippen molar-refractivity contribution >= 4 is 0 Å². The molecule has 0 unspecified atom stereocenters. The smallest absolute Gasteiger partial charge is 0.0711 e. The fraction of sp³-hybridized carbons (Fsp3) is 0.273. The Balaban J connectivity index is 2.56. The molecular weight excluding hydrogens is 188 g/mol. The van der Waals surface area contributed by atoms with Crippen LogP contribution in [0, 0.1) is 0 Å². The molecule has 78 valence electrons. The van der Waals surface area contributed by atoms with Crippen molar-refractivity contribution < 1.29 is 0 Å². The van der Waals surface area contributed by atoms with Crippen LogP contribution in [0.2, 0.25) is 0 Å². The van der Waals surface area contributed by atoms with Gasteiger partial charge in [0.2, 0.25) is 0 Å². The molecule has 2 aromatic rings. The summed E-state index contributed by atoms with van der Waals surface area (Å²) in [4.78, 5) is 0. The number of benzene rings is 1. The normalized spacial score (nSPS) is 10.5. The molecule has 4 heteroatoms. The fourth-order valence-corrected chi connectivity index (χ4v) is 1.74. The molecule has 0 amide bonds. The Morgan fingerprint density at radius 3 is 2.87 bits per heavy atom. The third-order valence-electron chi connectivity index (χ3n) is 2.50. The first-order valence-electron chi connectivity index (χ1n) is 5.04. The summed E-state index contributed by atoms with van der Waals surface area (Å²) in [5.74, 6) is 0. The highest BCUT2D eigenvalue weighted by Gasteiger charge is 2.07. The minimum atomic E-state index is 0.527. The summed E-state index contributed by atoms with van der Waals surface area (Å²) in [6.45, 7) is 2.65. The summed E-state index contributed by atoms with van der Waals surface area (Å²) in [6, 6.07) is 6.13. The lowest BCUT2D eigenvalue weighted by Gasteiger charge is -2.11. The van der Waals surface area contributed by atoms with Gasteiger partial charge in [0, 0.05) is 6.54 Å². The van der Waals surface area contributed by atoms with Crippen molar-refractivity contribution in [2.24, 2.45) is 5.73 Å². The second-order valence-electron chi connectivity index (χ2n) is 3.32. The van der Waals surface area contributed by atoms with Crippen LogP contribution in [0.15, 0.2) is 30.6 Å². The molecule has 2 rings (SSSR count). The van der Waals surface area contributed by atoms with Crippen LogP contribution >= 0.6 is 0 Å². The van der Waals surface area contributed by atoms with Gasteiger partial charge in [0.25, 0.3) is 0 Å². The Morgan fingerprint density at radius 2 is 2.27 bits per heavy atom. The van der Waals surface area contributed by atoms with E-state index in [-0.39, 0.29) is 0 Å². The van der Waals surface area contributed by atoms with Gasteiger partial charge in [-0.15, -0.1) is 5.10 Å². The molecule has 0 saturated heterocycles. The average Bonchev–Trinajstić information content (AvgIpc) is 2.81. The number of hydrogen-bond acceptors (Lipinski definition) is 3. The van der Waals surface area contributed by atoms with E-state index in [4.69, 9.17) is 5.73 Å². The van der Waals surface area contributed by atoms with Crippen molar-refractivity contribution in [3.8, 4) is 5.69 Å². The quantitative estimate of drug-likeness (QED) is 0.815. The van der Waals surface area contributed by atoms with Gasteiger partial charge in [-0.05, 0) is 23.6 Å². The van der Waals surface area contributed by atoms with E-state index in [1.165, 1.54) is 5.56 Å². The zero-order valence-electron chi connectivity index (χ0n) is 8.72. The Labute approximate surface area is 88.7 Å². The predicted molar refractivity (Wildman–Crippen MR) is 58.6 cm³/mol. The highest BCUT2D eigenvalue weighted by Crippen LogP contribution is 2.18. The van der Waals surface area contributed by atoms with Crippen LogP contribution in [0.5, 0.6) is 0 Å². The minimum Gasteiger partial charge on any atom is -0.326 e. The molecule has 2 N–H and O–H groups in total. The van der Waals surface area contributed by atoms with Crippen molar-refractivity contribution in [3.63, 3.8) is 0 Å². The molecular formula is C11H14N4. The van der Waals surface area contributed by atoms with Crippen molar-refractivity contribution in [2.75, 3.05) is 0 Å². The molecule has 0 radical (unpaired) electrons. The van der Waals surface area contributed by atoms with Crippen molar-refractivity contribution in [2.45, 2.75) is 19.9 Å². The van der Waals surface area contributed by atoms with Crippen LogP contribution in [0.25, 0.3) is 5.69 Å². The standard InChI is InChI=1S/C11H14N4/c1-2-9-4-3-5-11(10(9)8-12)15-7-6-13-14-15/h3-7H,2,8,12H2,1H3. The first-order valence-corrected chi connectivity index (χ1v) is 5.04. The lowest BCUT2D eigenvalue weighted by atomic mass is 10.0. The van der Waals surface area contributed by atoms with E-state index >= 15 is 0 Å². The Kier molecular flexibility index (Phi) is 2.78. The molecule has 4 nitrogen and oxygen atoms in total. The molecule has 1 aromatic heterocycles. The van der Waals surface area contributed by atoms with Crippen LogP contribution < -0.4 is 5.73 Å². The average molecular weight is 202 g/mol. The summed E-state index contributed by atoms with van der Waals surface area (Å²) < 4.78 is 1.75. The maximum Gasteiger partial charge on any atom is 0.0711 e. The number of nitrogens with two attached hydrogens (primary N) is 1. The summed E-state index contributed by atoms with van der Waals surface area (Å²) >= 11 is 0. The summed E-state index contributed by atoms with van der Waals surface area (Å²) in [5.41, 5.74) is 9.21. The van der Waals surface area contributed by atoms with Crippen molar-refractivity contribution in [1.82, 2.24) is 15.0 Å². The van der Waals surface area contributed by atoms with Crippen LogP contribution in [-0.2, 0) is 13.0 Å². The van der Waals surface area contributed by atoms with Gasteiger partial charge in [0.1, 0.15) is 0 Å². The van der Waals surface area contributed by atoms with Gasteiger partial charge in [-0.2, -0.15) is 0 Å². The molecule has 0 bridgehead atoms. The molecule has 0 aliphatic heterocycles. The molecule has 0 aliphatic rings. The van der Waals surface area contributed by atoms with E-state index in [0.29, 0.717) is 6.54 Å². The van der Waals surface area contributed by atoms with E-state index < -0.39 is 0 Å². The van der Waals surface area contributed by atoms with E-state index in [1.54, 1.807) is 10.9 Å². The first-order chi connectivity index (χ1) is 7.36. The largest absolute Gasteiger partial charge is 0.326 e. The van der Waals surface area contributed by atoms with Gasteiger partial charge in [0.05, 0.1) is 18.1 Å². The molecule has 0 fully saturated rings. The summed E-state index contributed by atoms with van der Waals surface area (Å²) in [6.07, 6.45) is 4.47. The van der Waals surface area contributed by atoms with Crippen molar-refractivity contribution in [3.05, 3.63) is 41.7 Å². The molecule has 15 heavy (non-hydrogen) atoms. The van der Waals surface area contributed by atoms with Gasteiger partial charge >= 0.3 is 0 Å². The summed E-state index contributed by atoms with van der Waals surface area (Å²) in [5, 5.41) is 7.78. The third-order valence-corrected chi connectivity index (χ3v) is 2.50. The van der Waals surface area contributed by atoms with Crippen LogP contribution in [0.4, 0.5) is 0 Å². The zero-order valence-corrected chi connectivity index (χ0v) is 8.72. The fourth-order valence-electron chi connectivity index (χ4n) is 1.74. The van der Waals surface area contributed by atoms with Crippen LogP contribution in [0.3, 0.4) is 0 Å². The van der Waals surface area contributed by atoms with E-state index in [1.807, 2.05) is 18.3 Å². The zero-order chi connectivity index (χ0) is 10.7. The summed E-state index contributed by atoms with van der Waals surface area (Å²) in [7, 11) is 0. The minimum absolute atomic E-state index is 0.527. The predicted octanol–water partition coefficient (Wildman–Crippen LogP) is 1.29. The van der Waals surface area contributed by atoms with E-state index in [9.17, 15) is 0 Å². The topological polar surface area (TPSA) is 56.7 Å². The number of aromatic nitrogens is 3. The van der Waals surface area contributed by atoms with Crippen LogP contribution in [-0.4, -0.2) is 15.0 Å². The monoisotopic (exact) mass is 202 g/mol. The number of rotatable bonds is 3. The maximum atomic E-state index is 5.77. The maximum absolute atomic E-state index is 5.77. The second kappa shape index (κ2) is 4.23. The Morgan fingerprint density at radius 1 is 1.40 bits per heavy atom. The van der Waals surface area contributed by atoms with Gasteiger partial charge in [-0.1, -0.05) is 24.3 Å². The highest BCUT2D eigenvalue weighted by atomic mass is 15.4. The van der Waals surface area contributed by atoms with E-state index in [0.717, 1.165) is 17.7 Å². The van der Waals surface area contributed by atoms with Gasteiger partial charge < -0.3 is 5.73 Å². The van der Waals surface area contributed by atoms with Gasteiger partial charge in [-0.25, -0.2) is 4.68 Å². The number of aryl methyl sites for hydroxylation is 1. The molecule has 1 aromatic carbocycles. The lowest BCUT2D eigenvalue weighted by molar-refractivity contribution is 0.787. The Bertz CT molecular complexity index is 434. The molecule has 0 spiro atoms. The molecule has 0 atom stereocenters. The first kappa shape index (κ1) is 9.86. The third kappa shape index (κ3) is 1.76. The van der Waals surface area contributed by atoms with Gasteiger partial charge in [-0.3, -0.25) is 0 Å². The molecule has 0 aliphatic carbocycles. The SMILES string of the molecule is CCc1cccc(-n2ccnn2)c1CN. The number of nitrogens with zero attached hydrogens (tertiary/aromatic N) is 3. The van der Waals surface area contributed by atoms with Gasteiger partial charge in [0.15, 0.2) is 0 Å². The highest BCUT2D eigenvalue weighted by molar-refractivity contribution is 5.45. The Hall–Kier alpha value is -1.68. The second-order valence-corrected chi connectivity index (χ2v) is 3.32. The lowest BCUT2D eigenvalue weighted by Crippen LogP contribution is -2.08. The van der Waals surface area contributed by atoms with E-state index in [2.05, 4.69) is 23.3 Å². The van der Waals surface area contributed by atoms with Crippen molar-refractivity contribution in [1.29, 1.82) is 0 Å². The molecule has 0 saturated carbocycles. The number of hydrogen-bond donors (Lipinski definition) is 1.